The highest BCUT2D eigenvalue weighted by Gasteiger charge is 2.27. The van der Waals surface area contributed by atoms with Crippen molar-refractivity contribution in [3.63, 3.8) is 0 Å². The van der Waals surface area contributed by atoms with E-state index in [4.69, 9.17) is 16.3 Å². The lowest BCUT2D eigenvalue weighted by Gasteiger charge is -2.32. The average Bonchev–Trinajstić information content (AvgIpc) is 2.48. The van der Waals surface area contributed by atoms with Crippen LogP contribution in [-0.4, -0.2) is 38.6 Å². The van der Waals surface area contributed by atoms with Crippen molar-refractivity contribution in [1.29, 1.82) is 0 Å². The summed E-state index contributed by atoms with van der Waals surface area (Å²) in [5.74, 6) is -1.35. The van der Waals surface area contributed by atoms with E-state index in [1.807, 2.05) is 37.8 Å². The van der Waals surface area contributed by atoms with Crippen LogP contribution in [0, 0.1) is 0 Å². The Labute approximate surface area is 139 Å². The van der Waals surface area contributed by atoms with Crippen molar-refractivity contribution in [3.8, 4) is 0 Å². The van der Waals surface area contributed by atoms with Crippen molar-refractivity contribution in [2.45, 2.75) is 32.6 Å². The molecule has 0 saturated carbocycles. The monoisotopic (exact) mass is 346 g/mol. The number of nitrogens with one attached hydrogen (secondary N) is 1. The second-order valence-corrected chi connectivity index (χ2v) is 6.84. The molecule has 1 aromatic carbocycles. The molecule has 1 fully saturated rings. The van der Waals surface area contributed by atoms with Crippen LogP contribution in [0.4, 0.5) is 20.2 Å². The highest BCUT2D eigenvalue weighted by Crippen LogP contribution is 2.41. The fourth-order valence-electron chi connectivity index (χ4n) is 2.54. The van der Waals surface area contributed by atoms with Crippen molar-refractivity contribution in [2.24, 2.45) is 0 Å². The fraction of sp³-hybridized carbons (Fsp3) is 0.562. The van der Waals surface area contributed by atoms with Gasteiger partial charge >= 0.3 is 6.43 Å². The molecule has 1 heterocycles. The first-order valence-corrected chi connectivity index (χ1v) is 7.84. The molecule has 23 heavy (non-hydrogen) atoms. The van der Waals surface area contributed by atoms with Gasteiger partial charge in [0.25, 0.3) is 5.91 Å². The number of amides is 1. The molecule has 1 aliphatic heterocycles. The predicted molar refractivity (Wildman–Crippen MR) is 87.8 cm³/mol. The smallest absolute Gasteiger partial charge is 0.315 e. The average molecular weight is 347 g/mol. The minimum Gasteiger partial charge on any atom is -0.378 e. The van der Waals surface area contributed by atoms with Gasteiger partial charge in [0, 0.05) is 13.1 Å². The van der Waals surface area contributed by atoms with Gasteiger partial charge in [0.2, 0.25) is 0 Å². The van der Waals surface area contributed by atoms with Gasteiger partial charge in [-0.25, -0.2) is 0 Å². The van der Waals surface area contributed by atoms with E-state index in [2.05, 4.69) is 5.32 Å². The van der Waals surface area contributed by atoms with E-state index >= 15 is 0 Å². The molecule has 0 atom stereocenters. The number of rotatable bonds is 3. The Morgan fingerprint density at radius 1 is 1.30 bits per heavy atom. The number of anilines is 2. The largest absolute Gasteiger partial charge is 0.378 e. The minimum atomic E-state index is -3.09. The van der Waals surface area contributed by atoms with E-state index in [0.717, 1.165) is 0 Å². The number of carbonyl (C=O) groups excluding carboxylic acids is 1. The van der Waals surface area contributed by atoms with Gasteiger partial charge in [-0.05, 0) is 17.0 Å². The minimum absolute atomic E-state index is 0.258. The van der Waals surface area contributed by atoms with Gasteiger partial charge in [-0.2, -0.15) is 8.78 Å². The number of ether oxygens (including phenoxy) is 1. The Morgan fingerprint density at radius 2 is 1.91 bits per heavy atom. The summed E-state index contributed by atoms with van der Waals surface area (Å²) >= 11 is 6.46. The lowest BCUT2D eigenvalue weighted by molar-refractivity contribution is -0.126. The maximum atomic E-state index is 12.6. The summed E-state index contributed by atoms with van der Waals surface area (Å²) in [5.41, 5.74) is 1.34. The Balaban J connectivity index is 2.46. The van der Waals surface area contributed by atoms with E-state index in [1.165, 1.54) is 0 Å². The van der Waals surface area contributed by atoms with Crippen LogP contribution in [-0.2, 0) is 14.9 Å². The number of hydrogen-bond donors (Lipinski definition) is 1. The summed E-state index contributed by atoms with van der Waals surface area (Å²) in [4.78, 5) is 13.5. The summed E-state index contributed by atoms with van der Waals surface area (Å²) in [7, 11) is 0. The third-order valence-corrected chi connectivity index (χ3v) is 4.11. The molecule has 1 aliphatic rings. The molecule has 1 saturated heterocycles. The number of carbonyl (C=O) groups is 1. The first-order chi connectivity index (χ1) is 10.7. The fourth-order valence-corrected chi connectivity index (χ4v) is 2.87. The summed E-state index contributed by atoms with van der Waals surface area (Å²) in [6.45, 7) is 8.29. The summed E-state index contributed by atoms with van der Waals surface area (Å²) < 4.78 is 30.6. The molecule has 0 radical (unpaired) electrons. The molecule has 128 valence electrons. The van der Waals surface area contributed by atoms with Gasteiger partial charge in [0.1, 0.15) is 0 Å². The number of hydrogen-bond acceptors (Lipinski definition) is 3. The van der Waals surface area contributed by atoms with Crippen LogP contribution >= 0.6 is 11.6 Å². The molecule has 4 nitrogen and oxygen atoms in total. The Morgan fingerprint density at radius 3 is 2.43 bits per heavy atom. The zero-order valence-electron chi connectivity index (χ0n) is 13.5. The van der Waals surface area contributed by atoms with E-state index in [9.17, 15) is 13.6 Å². The van der Waals surface area contributed by atoms with Gasteiger partial charge in [0.05, 0.1) is 29.6 Å². The van der Waals surface area contributed by atoms with Crippen LogP contribution in [0.15, 0.2) is 12.1 Å². The van der Waals surface area contributed by atoms with Gasteiger partial charge in [-0.1, -0.05) is 38.4 Å². The van der Waals surface area contributed by atoms with Crippen molar-refractivity contribution in [1.82, 2.24) is 0 Å². The molecule has 0 aromatic heterocycles. The molecule has 0 unspecified atom stereocenters. The molecule has 2 rings (SSSR count). The molecule has 1 N–H and O–H groups in total. The Kier molecular flexibility index (Phi) is 5.47. The number of alkyl halides is 2. The molecular formula is C16H21ClF2N2O2. The molecule has 7 heteroatoms. The van der Waals surface area contributed by atoms with Crippen molar-refractivity contribution in [3.05, 3.63) is 22.7 Å². The summed E-state index contributed by atoms with van der Waals surface area (Å²) in [5, 5.41) is 2.57. The van der Waals surface area contributed by atoms with E-state index in [1.54, 1.807) is 0 Å². The number of halogens is 3. The lowest BCUT2D eigenvalue weighted by atomic mass is 9.85. The second-order valence-electron chi connectivity index (χ2n) is 6.46. The number of benzene rings is 1. The standard InChI is InChI=1S/C16H21ClF2N2O2/c1-16(2,3)10-4-5-11(21-6-8-23-9-7-21)12(17)13(10)20-15(22)14(18)19/h4-5,14H,6-9H2,1-3H3,(H,20,22). The Hall–Kier alpha value is -1.40. The van der Waals surface area contributed by atoms with Crippen LogP contribution < -0.4 is 10.2 Å². The molecule has 0 spiro atoms. The SMILES string of the molecule is CC(C)(C)c1ccc(N2CCOCC2)c(Cl)c1NC(=O)C(F)F. The van der Waals surface area contributed by atoms with Gasteiger partial charge < -0.3 is 15.0 Å². The molecule has 0 bridgehead atoms. The lowest BCUT2D eigenvalue weighted by Crippen LogP contribution is -2.36. The zero-order chi connectivity index (χ0) is 17.2. The maximum Gasteiger partial charge on any atom is 0.315 e. The topological polar surface area (TPSA) is 41.6 Å². The highest BCUT2D eigenvalue weighted by atomic mass is 35.5. The van der Waals surface area contributed by atoms with E-state index in [0.29, 0.717) is 37.6 Å². The normalized spacial score (nSPS) is 15.9. The summed E-state index contributed by atoms with van der Waals surface area (Å²) in [6, 6.07) is 3.70. The van der Waals surface area contributed by atoms with Gasteiger partial charge in [-0.3, -0.25) is 4.79 Å². The van der Waals surface area contributed by atoms with Crippen molar-refractivity contribution < 1.29 is 18.3 Å². The van der Waals surface area contributed by atoms with E-state index < -0.39 is 12.3 Å². The Bertz CT molecular complexity index is 582. The van der Waals surface area contributed by atoms with Crippen LogP contribution in [0.25, 0.3) is 0 Å². The van der Waals surface area contributed by atoms with Crippen molar-refractivity contribution in [2.75, 3.05) is 36.5 Å². The molecule has 0 aliphatic carbocycles. The third-order valence-electron chi connectivity index (χ3n) is 3.73. The van der Waals surface area contributed by atoms with E-state index in [-0.39, 0.29) is 16.1 Å². The molecule has 1 amide bonds. The number of morpholine rings is 1. The molecular weight excluding hydrogens is 326 g/mol. The maximum absolute atomic E-state index is 12.6. The molecule has 1 aromatic rings. The van der Waals surface area contributed by atoms with Crippen molar-refractivity contribution >= 4 is 28.9 Å². The number of nitrogens with zero attached hydrogens (tertiary/aromatic N) is 1. The van der Waals surface area contributed by atoms with Gasteiger partial charge in [-0.15, -0.1) is 0 Å². The highest BCUT2D eigenvalue weighted by molar-refractivity contribution is 6.36. The summed E-state index contributed by atoms with van der Waals surface area (Å²) in [6.07, 6.45) is -3.09. The first kappa shape index (κ1) is 17.9. The third kappa shape index (κ3) is 4.12. The predicted octanol–water partition coefficient (Wildman–Crippen LogP) is 3.68. The quantitative estimate of drug-likeness (QED) is 0.907. The van der Waals surface area contributed by atoms with Crippen LogP contribution in [0.2, 0.25) is 5.02 Å². The first-order valence-electron chi connectivity index (χ1n) is 7.46. The van der Waals surface area contributed by atoms with Crippen LogP contribution in [0.1, 0.15) is 26.3 Å². The van der Waals surface area contributed by atoms with Crippen LogP contribution in [0.3, 0.4) is 0 Å². The second kappa shape index (κ2) is 7.01. The van der Waals surface area contributed by atoms with Crippen LogP contribution in [0.5, 0.6) is 0 Å². The van der Waals surface area contributed by atoms with Gasteiger partial charge in [0.15, 0.2) is 0 Å². The zero-order valence-corrected chi connectivity index (χ0v) is 14.2.